The van der Waals surface area contributed by atoms with Crippen molar-refractivity contribution in [3.05, 3.63) is 34.3 Å². The van der Waals surface area contributed by atoms with Crippen LogP contribution in [0, 0.1) is 0 Å². The van der Waals surface area contributed by atoms with Crippen LogP contribution in [0.1, 0.15) is 17.0 Å². The summed E-state index contributed by atoms with van der Waals surface area (Å²) in [5, 5.41) is 4.19. The van der Waals surface area contributed by atoms with Gasteiger partial charge in [-0.05, 0) is 23.3 Å². The zero-order valence-electron chi connectivity index (χ0n) is 8.20. The van der Waals surface area contributed by atoms with Crippen LogP contribution in [-0.2, 0) is 11.3 Å². The first-order valence-corrected chi connectivity index (χ1v) is 5.33. The molecule has 0 bridgehead atoms. The largest absolute Gasteiger partial charge is 0.372 e. The summed E-state index contributed by atoms with van der Waals surface area (Å²) in [5.74, 6) is 0.498. The quantitative estimate of drug-likeness (QED) is 0.758. The van der Waals surface area contributed by atoms with Gasteiger partial charge in [0.2, 0.25) is 0 Å². The van der Waals surface area contributed by atoms with Gasteiger partial charge < -0.3 is 10.1 Å². The van der Waals surface area contributed by atoms with Crippen molar-refractivity contribution >= 4 is 24.0 Å². The van der Waals surface area contributed by atoms with E-state index in [9.17, 15) is 0 Å². The van der Waals surface area contributed by atoms with E-state index in [1.165, 1.54) is 11.1 Å². The second kappa shape index (κ2) is 4.30. The smallest absolute Gasteiger partial charge is 0.0784 e. The van der Waals surface area contributed by atoms with Gasteiger partial charge in [-0.15, -0.1) is 12.4 Å². The first-order valence-electron chi connectivity index (χ1n) is 4.95. The lowest BCUT2D eigenvalue weighted by Crippen LogP contribution is -2.26. The molecular formula is C11H13Cl2NO. The molecule has 3 rings (SSSR count). The Morgan fingerprint density at radius 2 is 2.20 bits per heavy atom. The first kappa shape index (κ1) is 11.2. The molecule has 1 aromatic rings. The molecule has 82 valence electrons. The molecule has 1 N–H and O–H groups in total. The molecule has 1 aromatic carbocycles. The van der Waals surface area contributed by atoms with Gasteiger partial charge in [0.25, 0.3) is 0 Å². The summed E-state index contributed by atoms with van der Waals surface area (Å²) < 4.78 is 5.76. The Hall–Kier alpha value is -0.280. The highest BCUT2D eigenvalue weighted by Gasteiger charge is 2.34. The Bertz CT molecular complexity index is 370. The Labute approximate surface area is 100 Å². The van der Waals surface area contributed by atoms with Gasteiger partial charge in [0.05, 0.1) is 12.7 Å². The fraction of sp³-hybridized carbons (Fsp3) is 0.455. The number of halogens is 2. The number of fused-ring (bicyclic) bond motifs is 3. The predicted octanol–water partition coefficient (Wildman–Crippen LogP) is 2.35. The van der Waals surface area contributed by atoms with Crippen LogP contribution in [0.15, 0.2) is 18.2 Å². The van der Waals surface area contributed by atoms with E-state index in [4.69, 9.17) is 16.3 Å². The number of nitrogens with one attached hydrogen (secondary N) is 1. The number of hydrogen-bond donors (Lipinski definition) is 1. The predicted molar refractivity (Wildman–Crippen MR) is 62.9 cm³/mol. The molecule has 2 aliphatic rings. The molecule has 0 saturated carbocycles. The highest BCUT2D eigenvalue weighted by atomic mass is 35.5. The molecule has 2 atom stereocenters. The van der Waals surface area contributed by atoms with Gasteiger partial charge in [0.15, 0.2) is 0 Å². The van der Waals surface area contributed by atoms with E-state index in [0.29, 0.717) is 12.0 Å². The Morgan fingerprint density at radius 3 is 3.07 bits per heavy atom. The van der Waals surface area contributed by atoms with Crippen LogP contribution in [0.3, 0.4) is 0 Å². The summed E-state index contributed by atoms with van der Waals surface area (Å²) in [6.45, 7) is 2.71. The molecule has 0 radical (unpaired) electrons. The summed E-state index contributed by atoms with van der Waals surface area (Å²) in [5.41, 5.74) is 2.66. The minimum absolute atomic E-state index is 0. The number of benzene rings is 1. The fourth-order valence-corrected chi connectivity index (χ4v) is 2.56. The van der Waals surface area contributed by atoms with Crippen molar-refractivity contribution < 1.29 is 4.74 Å². The van der Waals surface area contributed by atoms with Crippen molar-refractivity contribution in [3.63, 3.8) is 0 Å². The van der Waals surface area contributed by atoms with E-state index in [-0.39, 0.29) is 12.4 Å². The van der Waals surface area contributed by atoms with Crippen LogP contribution >= 0.6 is 24.0 Å². The van der Waals surface area contributed by atoms with Crippen molar-refractivity contribution in [1.82, 2.24) is 5.32 Å². The van der Waals surface area contributed by atoms with Gasteiger partial charge in [-0.3, -0.25) is 0 Å². The monoisotopic (exact) mass is 245 g/mol. The average molecular weight is 246 g/mol. The lowest BCUT2D eigenvalue weighted by atomic mass is 9.90. The molecule has 15 heavy (non-hydrogen) atoms. The maximum atomic E-state index is 6.01. The lowest BCUT2D eigenvalue weighted by molar-refractivity contribution is 0.0299. The van der Waals surface area contributed by atoms with Crippen LogP contribution in [0.2, 0.25) is 5.02 Å². The highest BCUT2D eigenvalue weighted by molar-refractivity contribution is 6.30. The number of ether oxygens (including phenoxy) is 1. The molecule has 2 nitrogen and oxygen atoms in total. The Balaban J connectivity index is 0.000000853. The standard InChI is InChI=1S/C11H12ClNO.ClH/c12-8-2-1-7-6-14-11-5-13-4-10(11)9(7)3-8;/h1-3,10-11,13H,4-6H2;1H. The molecule has 2 heterocycles. The van der Waals surface area contributed by atoms with E-state index in [2.05, 4.69) is 17.4 Å². The van der Waals surface area contributed by atoms with E-state index < -0.39 is 0 Å². The third kappa shape index (κ3) is 1.87. The van der Waals surface area contributed by atoms with Crippen molar-refractivity contribution in [2.45, 2.75) is 18.6 Å². The van der Waals surface area contributed by atoms with Gasteiger partial charge >= 0.3 is 0 Å². The molecule has 1 fully saturated rings. The summed E-state index contributed by atoms with van der Waals surface area (Å²) in [4.78, 5) is 0. The van der Waals surface area contributed by atoms with Gasteiger partial charge in [-0.25, -0.2) is 0 Å². The maximum absolute atomic E-state index is 6.01. The highest BCUT2D eigenvalue weighted by Crippen LogP contribution is 2.34. The molecule has 2 aliphatic heterocycles. The van der Waals surface area contributed by atoms with Gasteiger partial charge in [-0.1, -0.05) is 17.7 Å². The van der Waals surface area contributed by atoms with Gasteiger partial charge in [0.1, 0.15) is 0 Å². The zero-order valence-corrected chi connectivity index (χ0v) is 9.77. The molecule has 2 unspecified atom stereocenters. The average Bonchev–Trinajstić information content (AvgIpc) is 2.65. The molecule has 1 saturated heterocycles. The normalized spacial score (nSPS) is 27.8. The summed E-state index contributed by atoms with van der Waals surface area (Å²) >= 11 is 6.01. The van der Waals surface area contributed by atoms with Crippen LogP contribution in [0.4, 0.5) is 0 Å². The third-order valence-corrected chi connectivity index (χ3v) is 3.35. The molecular weight excluding hydrogens is 233 g/mol. The second-order valence-electron chi connectivity index (χ2n) is 3.96. The second-order valence-corrected chi connectivity index (χ2v) is 4.39. The zero-order chi connectivity index (χ0) is 9.54. The lowest BCUT2D eigenvalue weighted by Gasteiger charge is -2.27. The van der Waals surface area contributed by atoms with Crippen LogP contribution < -0.4 is 5.32 Å². The Kier molecular flexibility index (Phi) is 3.21. The summed E-state index contributed by atoms with van der Waals surface area (Å²) in [6.07, 6.45) is 0.348. The van der Waals surface area contributed by atoms with Crippen molar-refractivity contribution in [3.8, 4) is 0 Å². The topological polar surface area (TPSA) is 21.3 Å². The third-order valence-electron chi connectivity index (χ3n) is 3.12. The van der Waals surface area contributed by atoms with Crippen molar-refractivity contribution in [1.29, 1.82) is 0 Å². The minimum atomic E-state index is 0. The molecule has 0 aromatic heterocycles. The van der Waals surface area contributed by atoms with Crippen LogP contribution in [0.5, 0.6) is 0 Å². The van der Waals surface area contributed by atoms with Crippen molar-refractivity contribution in [2.75, 3.05) is 13.1 Å². The molecule has 4 heteroatoms. The first-order chi connectivity index (χ1) is 6.84. The van der Waals surface area contributed by atoms with E-state index in [1.807, 2.05) is 6.07 Å². The number of hydrogen-bond acceptors (Lipinski definition) is 2. The van der Waals surface area contributed by atoms with E-state index in [1.54, 1.807) is 0 Å². The summed E-state index contributed by atoms with van der Waals surface area (Å²) in [6, 6.07) is 6.10. The van der Waals surface area contributed by atoms with Crippen molar-refractivity contribution in [2.24, 2.45) is 0 Å². The van der Waals surface area contributed by atoms with E-state index in [0.717, 1.165) is 24.7 Å². The molecule has 0 spiro atoms. The molecule has 0 aliphatic carbocycles. The fourth-order valence-electron chi connectivity index (χ4n) is 2.38. The SMILES string of the molecule is Cl.Clc1ccc2c(c1)C1CNCC1OC2. The summed E-state index contributed by atoms with van der Waals surface area (Å²) in [7, 11) is 0. The van der Waals surface area contributed by atoms with Gasteiger partial charge in [-0.2, -0.15) is 0 Å². The van der Waals surface area contributed by atoms with Gasteiger partial charge in [0, 0.05) is 24.0 Å². The van der Waals surface area contributed by atoms with Crippen LogP contribution in [-0.4, -0.2) is 19.2 Å². The Morgan fingerprint density at radius 1 is 1.33 bits per heavy atom. The van der Waals surface area contributed by atoms with E-state index >= 15 is 0 Å². The minimum Gasteiger partial charge on any atom is -0.372 e. The molecule has 0 amide bonds. The number of rotatable bonds is 0. The van der Waals surface area contributed by atoms with Crippen LogP contribution in [0.25, 0.3) is 0 Å². The maximum Gasteiger partial charge on any atom is 0.0784 e.